The fourth-order valence-corrected chi connectivity index (χ4v) is 8.26. The molecule has 4 heterocycles. The number of carboxylic acid groups (broad SMARTS) is 1. The van der Waals surface area contributed by atoms with Crippen molar-refractivity contribution in [3.8, 4) is 22.6 Å². The predicted molar refractivity (Wildman–Crippen MR) is 202 cm³/mol. The summed E-state index contributed by atoms with van der Waals surface area (Å²) in [7, 11) is 2.15. The van der Waals surface area contributed by atoms with E-state index in [2.05, 4.69) is 59.8 Å². The Hall–Kier alpha value is -3.50. The largest absolute Gasteiger partial charge is 0.491 e. The number of likely N-dealkylation sites (N-methyl/N-ethyl adjacent to an activating group) is 1. The van der Waals surface area contributed by atoms with Crippen molar-refractivity contribution in [2.24, 2.45) is 0 Å². The molecule has 0 aliphatic carbocycles. The number of piperazine rings is 1. The van der Waals surface area contributed by atoms with Crippen LogP contribution in [-0.4, -0.2) is 93.0 Å². The summed E-state index contributed by atoms with van der Waals surface area (Å²) in [4.78, 5) is 27.3. The highest BCUT2D eigenvalue weighted by Gasteiger charge is 2.26. The number of nitrogens with one attached hydrogen (secondary N) is 1. The summed E-state index contributed by atoms with van der Waals surface area (Å²) in [5.41, 5.74) is 4.40. The number of carboxylic acids is 1. The minimum atomic E-state index is -1.01. The third-order valence-corrected chi connectivity index (χ3v) is 11.4. The van der Waals surface area contributed by atoms with Crippen LogP contribution in [0.2, 0.25) is 5.02 Å². The highest BCUT2D eigenvalue weighted by molar-refractivity contribution is 14.1. The summed E-state index contributed by atoms with van der Waals surface area (Å²) in [5, 5.41) is 19.2. The number of fused-ring (bicyclic) bond motifs is 1. The van der Waals surface area contributed by atoms with Crippen LogP contribution in [0.15, 0.2) is 55.0 Å². The standard InChI is InChI=1S/C35H39ClIN7O4S/c1-4-44-24(11-12-40-44)20-48-27-8-6-5-7-23(27)19-26(35(45)46)41-33-30-29(32(37)49-34(30)39-21-38-33)25-9-10-28(31(36)22(25)2)47-18-17-43-15-13-42(3)14-16-43/h5-12,21,26H,4,13-20H2,1-3H3,(H,45,46)(H,38,39,41). The van der Waals surface area contributed by atoms with E-state index >= 15 is 0 Å². The molecule has 6 rings (SSSR count). The summed E-state index contributed by atoms with van der Waals surface area (Å²) in [6.07, 6.45) is 3.38. The van der Waals surface area contributed by atoms with Crippen molar-refractivity contribution in [1.82, 2.24) is 29.5 Å². The quantitative estimate of drug-likeness (QED) is 0.121. The van der Waals surface area contributed by atoms with E-state index in [0.29, 0.717) is 35.6 Å². The molecule has 2 N–H and O–H groups in total. The number of halogens is 2. The van der Waals surface area contributed by atoms with Crippen LogP contribution in [0.3, 0.4) is 0 Å². The second-order valence-electron chi connectivity index (χ2n) is 12.0. The lowest BCUT2D eigenvalue weighted by Crippen LogP contribution is -2.45. The lowest BCUT2D eigenvalue weighted by molar-refractivity contribution is -0.137. The third-order valence-electron chi connectivity index (χ3n) is 8.81. The number of ether oxygens (including phenoxy) is 2. The fourth-order valence-electron chi connectivity index (χ4n) is 5.97. The maximum Gasteiger partial charge on any atom is 0.326 e. The molecule has 1 aliphatic rings. The van der Waals surface area contributed by atoms with Gasteiger partial charge in [0, 0.05) is 57.4 Å². The molecule has 258 valence electrons. The Morgan fingerprint density at radius 1 is 1.10 bits per heavy atom. The fraction of sp³-hybridized carbons (Fsp3) is 0.371. The number of para-hydroxylation sites is 1. The van der Waals surface area contributed by atoms with E-state index in [1.165, 1.54) is 17.7 Å². The number of aryl methyl sites for hydroxylation is 1. The molecule has 0 spiro atoms. The average molecular weight is 816 g/mol. The van der Waals surface area contributed by atoms with Gasteiger partial charge in [0.2, 0.25) is 0 Å². The summed E-state index contributed by atoms with van der Waals surface area (Å²) in [5.74, 6) is 0.704. The zero-order chi connectivity index (χ0) is 34.5. The average Bonchev–Trinajstić information content (AvgIpc) is 3.70. The second kappa shape index (κ2) is 16.0. The van der Waals surface area contributed by atoms with Gasteiger partial charge in [-0.1, -0.05) is 35.9 Å². The number of aliphatic carboxylic acids is 1. The molecule has 11 nitrogen and oxygen atoms in total. The van der Waals surface area contributed by atoms with Gasteiger partial charge in [0.1, 0.15) is 47.7 Å². The van der Waals surface area contributed by atoms with Crippen molar-refractivity contribution in [3.63, 3.8) is 0 Å². The van der Waals surface area contributed by atoms with E-state index in [0.717, 1.165) is 80.3 Å². The van der Waals surface area contributed by atoms with E-state index < -0.39 is 12.0 Å². The summed E-state index contributed by atoms with van der Waals surface area (Å²) >= 11 is 10.8. The van der Waals surface area contributed by atoms with Crippen LogP contribution in [0.4, 0.5) is 5.82 Å². The molecule has 1 atom stereocenters. The van der Waals surface area contributed by atoms with Crippen LogP contribution in [0, 0.1) is 9.81 Å². The van der Waals surface area contributed by atoms with Crippen molar-refractivity contribution in [2.45, 2.75) is 39.5 Å². The maximum absolute atomic E-state index is 12.7. The number of thiophene rings is 1. The topological polar surface area (TPSA) is 118 Å². The van der Waals surface area contributed by atoms with Crippen LogP contribution >= 0.6 is 45.5 Å². The van der Waals surface area contributed by atoms with Crippen molar-refractivity contribution in [2.75, 3.05) is 51.7 Å². The monoisotopic (exact) mass is 815 g/mol. The summed E-state index contributed by atoms with van der Waals surface area (Å²) in [6, 6.07) is 12.4. The Morgan fingerprint density at radius 3 is 2.67 bits per heavy atom. The highest BCUT2D eigenvalue weighted by Crippen LogP contribution is 2.45. The van der Waals surface area contributed by atoms with Crippen molar-refractivity contribution in [1.29, 1.82) is 0 Å². The summed E-state index contributed by atoms with van der Waals surface area (Å²) in [6.45, 7) is 10.6. The second-order valence-corrected chi connectivity index (χ2v) is 15.2. The third kappa shape index (κ3) is 8.12. The van der Waals surface area contributed by atoms with E-state index in [1.807, 2.05) is 61.0 Å². The smallest absolute Gasteiger partial charge is 0.326 e. The molecule has 1 fully saturated rings. The van der Waals surface area contributed by atoms with Crippen LogP contribution in [-0.2, 0) is 24.4 Å². The van der Waals surface area contributed by atoms with Gasteiger partial charge in [-0.25, -0.2) is 14.8 Å². The van der Waals surface area contributed by atoms with Gasteiger partial charge in [-0.05, 0) is 78.4 Å². The molecule has 0 radical (unpaired) electrons. The lowest BCUT2D eigenvalue weighted by atomic mass is 10.00. The number of anilines is 1. The minimum absolute atomic E-state index is 0.172. The molecule has 0 saturated carbocycles. The number of carbonyl (C=O) groups is 1. The number of hydrogen-bond donors (Lipinski definition) is 2. The van der Waals surface area contributed by atoms with Gasteiger partial charge in [0.25, 0.3) is 0 Å². The Balaban J connectivity index is 1.23. The van der Waals surface area contributed by atoms with Gasteiger partial charge in [-0.2, -0.15) is 5.10 Å². The Bertz CT molecular complexity index is 1930. The van der Waals surface area contributed by atoms with Gasteiger partial charge < -0.3 is 24.8 Å². The first-order valence-corrected chi connectivity index (χ1v) is 18.5. The first-order chi connectivity index (χ1) is 23.7. The molecule has 5 aromatic rings. The minimum Gasteiger partial charge on any atom is -0.491 e. The van der Waals surface area contributed by atoms with Crippen molar-refractivity contribution in [3.05, 3.63) is 79.7 Å². The molecular weight excluding hydrogens is 777 g/mol. The van der Waals surface area contributed by atoms with Crippen molar-refractivity contribution < 1.29 is 19.4 Å². The summed E-state index contributed by atoms with van der Waals surface area (Å²) < 4.78 is 15.2. The number of rotatable bonds is 14. The maximum atomic E-state index is 12.7. The molecule has 2 aromatic carbocycles. The van der Waals surface area contributed by atoms with Crippen LogP contribution in [0.1, 0.15) is 23.7 Å². The molecule has 1 aliphatic heterocycles. The van der Waals surface area contributed by atoms with Gasteiger partial charge >= 0.3 is 5.97 Å². The first kappa shape index (κ1) is 35.3. The number of benzene rings is 2. The van der Waals surface area contributed by atoms with E-state index in [9.17, 15) is 9.90 Å². The van der Waals surface area contributed by atoms with Crippen molar-refractivity contribution >= 4 is 67.5 Å². The van der Waals surface area contributed by atoms with Crippen LogP contribution in [0.25, 0.3) is 21.3 Å². The number of nitrogens with zero attached hydrogens (tertiary/aromatic N) is 6. The SMILES string of the molecule is CCn1nccc1COc1ccccc1CC(Nc1ncnc2sc(I)c(-c3ccc(OCCN4CCN(C)CC4)c(Cl)c3C)c12)C(=O)O. The van der Waals surface area contributed by atoms with Gasteiger partial charge in [0.05, 0.1) is 19.0 Å². The van der Waals surface area contributed by atoms with Gasteiger partial charge in [0.15, 0.2) is 0 Å². The lowest BCUT2D eigenvalue weighted by Gasteiger charge is -2.32. The Morgan fingerprint density at radius 2 is 1.90 bits per heavy atom. The molecule has 14 heteroatoms. The van der Waals surface area contributed by atoms with Gasteiger partial charge in [-0.15, -0.1) is 11.3 Å². The number of hydrogen-bond acceptors (Lipinski definition) is 10. The molecule has 0 amide bonds. The zero-order valence-electron chi connectivity index (χ0n) is 27.7. The molecule has 3 aromatic heterocycles. The highest BCUT2D eigenvalue weighted by atomic mass is 127. The molecular formula is C35H39ClIN7O4S. The molecule has 0 bridgehead atoms. The molecule has 1 saturated heterocycles. The van der Waals surface area contributed by atoms with Crippen LogP contribution < -0.4 is 14.8 Å². The molecule has 49 heavy (non-hydrogen) atoms. The zero-order valence-corrected chi connectivity index (χ0v) is 31.4. The van der Waals surface area contributed by atoms with E-state index in [1.54, 1.807) is 6.20 Å². The Labute approximate surface area is 308 Å². The molecule has 1 unspecified atom stereocenters. The van der Waals surface area contributed by atoms with E-state index in [4.69, 9.17) is 21.1 Å². The Kier molecular flexibility index (Phi) is 11.6. The number of aromatic nitrogens is 4. The van der Waals surface area contributed by atoms with Crippen LogP contribution in [0.5, 0.6) is 11.5 Å². The van der Waals surface area contributed by atoms with E-state index in [-0.39, 0.29) is 6.42 Å². The first-order valence-electron chi connectivity index (χ1n) is 16.2. The van der Waals surface area contributed by atoms with Gasteiger partial charge in [-0.3, -0.25) is 9.58 Å². The normalized spacial score (nSPS) is 14.6. The predicted octanol–water partition coefficient (Wildman–Crippen LogP) is 6.45.